The van der Waals surface area contributed by atoms with E-state index in [-0.39, 0.29) is 30.0 Å². The van der Waals surface area contributed by atoms with Gasteiger partial charge in [-0.2, -0.15) is 0 Å². The van der Waals surface area contributed by atoms with E-state index < -0.39 is 0 Å². The van der Waals surface area contributed by atoms with Crippen LogP contribution in [0.4, 0.5) is 10.1 Å². The predicted octanol–water partition coefficient (Wildman–Crippen LogP) is 2.77. The number of hydrogen-bond donors (Lipinski definition) is 0. The topological polar surface area (TPSA) is 57.0 Å². The lowest BCUT2D eigenvalue weighted by Crippen LogP contribution is -2.50. The van der Waals surface area contributed by atoms with E-state index >= 15 is 0 Å². The van der Waals surface area contributed by atoms with Crippen LogP contribution in [0.3, 0.4) is 0 Å². The first-order valence-electron chi connectivity index (χ1n) is 9.30. The number of likely N-dealkylation sites (tertiary alicyclic amines) is 1. The van der Waals surface area contributed by atoms with Crippen LogP contribution in [0.2, 0.25) is 5.02 Å². The minimum absolute atomic E-state index is 0.0140. The summed E-state index contributed by atoms with van der Waals surface area (Å²) in [6.07, 6.45) is 1.81. The molecule has 0 bridgehead atoms. The van der Waals surface area contributed by atoms with E-state index in [1.807, 2.05) is 11.0 Å². The SMILES string of the molecule is O=C1C[C@@H](C(=O)N2CCN(c3ccc(F)cc3Cl)CC2)CN1Cc1ccco1. The van der Waals surface area contributed by atoms with E-state index in [9.17, 15) is 14.0 Å². The first-order chi connectivity index (χ1) is 13.5. The zero-order valence-electron chi connectivity index (χ0n) is 15.3. The van der Waals surface area contributed by atoms with Gasteiger partial charge in [-0.25, -0.2) is 4.39 Å². The summed E-state index contributed by atoms with van der Waals surface area (Å²) in [7, 11) is 0. The molecule has 0 unspecified atom stereocenters. The number of amides is 2. The summed E-state index contributed by atoms with van der Waals surface area (Å²) < 4.78 is 18.5. The molecular weight excluding hydrogens is 385 g/mol. The first-order valence-corrected chi connectivity index (χ1v) is 9.68. The number of carbonyl (C=O) groups is 2. The second-order valence-electron chi connectivity index (χ2n) is 7.16. The number of furan rings is 1. The Kier molecular flexibility index (Phi) is 5.26. The van der Waals surface area contributed by atoms with Crippen molar-refractivity contribution in [1.29, 1.82) is 0 Å². The molecule has 1 aromatic heterocycles. The van der Waals surface area contributed by atoms with Crippen LogP contribution in [-0.4, -0.2) is 54.3 Å². The number of rotatable bonds is 4. The molecule has 2 amide bonds. The average molecular weight is 406 g/mol. The van der Waals surface area contributed by atoms with Gasteiger partial charge in [0.25, 0.3) is 0 Å². The lowest BCUT2D eigenvalue weighted by molar-refractivity contribution is -0.136. The molecule has 2 saturated heterocycles. The Morgan fingerprint density at radius 3 is 2.68 bits per heavy atom. The molecular formula is C20H21ClFN3O3. The van der Waals surface area contributed by atoms with Crippen molar-refractivity contribution in [1.82, 2.24) is 9.80 Å². The van der Waals surface area contributed by atoms with Crippen molar-refractivity contribution in [3.05, 3.63) is 53.2 Å². The summed E-state index contributed by atoms with van der Waals surface area (Å²) in [5, 5.41) is 0.370. The highest BCUT2D eigenvalue weighted by Crippen LogP contribution is 2.28. The number of nitrogens with zero attached hydrogens (tertiary/aromatic N) is 3. The summed E-state index contributed by atoms with van der Waals surface area (Å²) in [6, 6.07) is 7.95. The number of anilines is 1. The highest BCUT2D eigenvalue weighted by atomic mass is 35.5. The van der Waals surface area contributed by atoms with E-state index in [1.54, 1.807) is 23.3 Å². The lowest BCUT2D eigenvalue weighted by Gasteiger charge is -2.37. The Balaban J connectivity index is 1.33. The Morgan fingerprint density at radius 2 is 2.00 bits per heavy atom. The van der Waals surface area contributed by atoms with Gasteiger partial charge in [0, 0.05) is 39.1 Å². The summed E-state index contributed by atoms with van der Waals surface area (Å²) in [5.41, 5.74) is 0.774. The average Bonchev–Trinajstić information content (AvgIpc) is 3.32. The highest BCUT2D eigenvalue weighted by molar-refractivity contribution is 6.33. The molecule has 2 aliphatic rings. The normalized spacial score (nSPS) is 20.1. The molecule has 6 nitrogen and oxygen atoms in total. The van der Waals surface area contributed by atoms with Crippen molar-refractivity contribution in [3.8, 4) is 0 Å². The van der Waals surface area contributed by atoms with E-state index in [2.05, 4.69) is 4.90 Å². The Labute approximate surface area is 167 Å². The van der Waals surface area contributed by atoms with Crippen LogP contribution in [0.15, 0.2) is 41.0 Å². The molecule has 0 saturated carbocycles. The molecule has 1 aromatic carbocycles. The minimum atomic E-state index is -0.368. The van der Waals surface area contributed by atoms with Gasteiger partial charge in [-0.1, -0.05) is 11.6 Å². The third kappa shape index (κ3) is 3.85. The van der Waals surface area contributed by atoms with Crippen LogP contribution in [0.1, 0.15) is 12.2 Å². The molecule has 28 heavy (non-hydrogen) atoms. The fourth-order valence-corrected chi connectivity index (χ4v) is 4.13. The van der Waals surface area contributed by atoms with Crippen molar-refractivity contribution in [2.75, 3.05) is 37.6 Å². The largest absolute Gasteiger partial charge is 0.467 e. The van der Waals surface area contributed by atoms with E-state index in [0.29, 0.717) is 50.1 Å². The van der Waals surface area contributed by atoms with Gasteiger partial charge in [0.2, 0.25) is 11.8 Å². The van der Waals surface area contributed by atoms with E-state index in [4.69, 9.17) is 16.0 Å². The van der Waals surface area contributed by atoms with E-state index in [1.165, 1.54) is 12.1 Å². The molecule has 148 valence electrons. The zero-order chi connectivity index (χ0) is 19.7. The molecule has 2 aliphatic heterocycles. The number of halogens is 2. The minimum Gasteiger partial charge on any atom is -0.467 e. The smallest absolute Gasteiger partial charge is 0.228 e. The Morgan fingerprint density at radius 1 is 1.21 bits per heavy atom. The number of carbonyl (C=O) groups excluding carboxylic acids is 2. The van der Waals surface area contributed by atoms with Crippen molar-refractivity contribution in [3.63, 3.8) is 0 Å². The second-order valence-corrected chi connectivity index (χ2v) is 7.57. The quantitative estimate of drug-likeness (QED) is 0.784. The maximum Gasteiger partial charge on any atom is 0.228 e. The van der Waals surface area contributed by atoms with Crippen LogP contribution >= 0.6 is 11.6 Å². The fraction of sp³-hybridized carbons (Fsp3) is 0.400. The van der Waals surface area contributed by atoms with Gasteiger partial charge in [-0.05, 0) is 30.3 Å². The van der Waals surface area contributed by atoms with Crippen LogP contribution in [0, 0.1) is 11.7 Å². The molecule has 0 spiro atoms. The fourth-order valence-electron chi connectivity index (χ4n) is 3.84. The summed E-state index contributed by atoms with van der Waals surface area (Å²) in [4.78, 5) is 30.7. The third-order valence-electron chi connectivity index (χ3n) is 5.33. The van der Waals surface area contributed by atoms with Crippen molar-refractivity contribution in [2.45, 2.75) is 13.0 Å². The van der Waals surface area contributed by atoms with Crippen molar-refractivity contribution >= 4 is 29.1 Å². The lowest BCUT2D eigenvalue weighted by atomic mass is 10.1. The van der Waals surface area contributed by atoms with Crippen LogP contribution in [-0.2, 0) is 16.1 Å². The number of hydrogen-bond acceptors (Lipinski definition) is 4. The zero-order valence-corrected chi connectivity index (χ0v) is 16.1. The van der Waals surface area contributed by atoms with Gasteiger partial charge < -0.3 is 19.1 Å². The van der Waals surface area contributed by atoms with Gasteiger partial charge >= 0.3 is 0 Å². The molecule has 0 radical (unpaired) electrons. The van der Waals surface area contributed by atoms with Crippen molar-refractivity contribution < 1.29 is 18.4 Å². The summed E-state index contributed by atoms with van der Waals surface area (Å²) in [5.74, 6) is 0.0221. The molecule has 0 aliphatic carbocycles. The Hall–Kier alpha value is -2.54. The summed E-state index contributed by atoms with van der Waals surface area (Å²) in [6.45, 7) is 3.15. The van der Waals surface area contributed by atoms with Gasteiger partial charge in [0.1, 0.15) is 11.6 Å². The highest BCUT2D eigenvalue weighted by Gasteiger charge is 2.37. The third-order valence-corrected chi connectivity index (χ3v) is 5.64. The van der Waals surface area contributed by atoms with Gasteiger partial charge in [0.15, 0.2) is 0 Å². The maximum atomic E-state index is 13.2. The first kappa shape index (κ1) is 18.8. The van der Waals surface area contributed by atoms with Crippen molar-refractivity contribution in [2.24, 2.45) is 5.92 Å². The maximum absolute atomic E-state index is 13.2. The van der Waals surface area contributed by atoms with E-state index in [0.717, 1.165) is 5.69 Å². The molecule has 2 aromatic rings. The number of benzene rings is 1. The number of piperazine rings is 1. The van der Waals surface area contributed by atoms with Crippen LogP contribution in [0.5, 0.6) is 0 Å². The molecule has 8 heteroatoms. The molecule has 2 fully saturated rings. The molecule has 1 atom stereocenters. The predicted molar refractivity (Wildman–Crippen MR) is 102 cm³/mol. The standard InChI is InChI=1S/C20H21ClFN3O3/c21-17-11-15(22)3-4-18(17)23-5-7-24(8-6-23)20(27)14-10-19(26)25(12-14)13-16-2-1-9-28-16/h1-4,9,11,14H,5-8,10,12-13H2/t14-/m1/s1. The molecule has 3 heterocycles. The van der Waals surface area contributed by atoms with Gasteiger partial charge in [0.05, 0.1) is 29.4 Å². The van der Waals surface area contributed by atoms with Crippen LogP contribution in [0.25, 0.3) is 0 Å². The summed E-state index contributed by atoms with van der Waals surface area (Å²) >= 11 is 6.14. The van der Waals surface area contributed by atoms with Crippen LogP contribution < -0.4 is 4.90 Å². The monoisotopic (exact) mass is 405 g/mol. The second kappa shape index (κ2) is 7.83. The molecule has 4 rings (SSSR count). The molecule has 0 N–H and O–H groups in total. The van der Waals surface area contributed by atoms with Gasteiger partial charge in [-0.3, -0.25) is 9.59 Å². The van der Waals surface area contributed by atoms with Gasteiger partial charge in [-0.15, -0.1) is 0 Å². The Bertz CT molecular complexity index is 866.